The summed E-state index contributed by atoms with van der Waals surface area (Å²) in [5.74, 6) is 1.87. The molecule has 5 atom stereocenters. The first-order valence-corrected chi connectivity index (χ1v) is 11.1. The molecule has 0 saturated heterocycles. The number of rotatable bonds is 11. The lowest BCUT2D eigenvalue weighted by atomic mass is 9.88. The zero-order chi connectivity index (χ0) is 20.6. The standard InChI is InChI=1S/C25H37NO3/c1-26(2)14-8-4-5-9-19-15-20-17-25(28)23(24(20)16-19)13-12-21(27)18-29-22-10-6-3-7-11-22/h3,6-7,10-13,15,20-21,23-25,27-28H,4-5,8-9,14,16-18H2,1-2H3/t20-,21+,23+,24-,25+/m0/s1. The van der Waals surface area contributed by atoms with E-state index in [0.29, 0.717) is 11.8 Å². The second kappa shape index (κ2) is 11.0. The topological polar surface area (TPSA) is 52.9 Å². The maximum absolute atomic E-state index is 10.5. The highest BCUT2D eigenvalue weighted by Gasteiger charge is 2.43. The Morgan fingerprint density at radius 3 is 2.72 bits per heavy atom. The van der Waals surface area contributed by atoms with Gasteiger partial charge in [-0.25, -0.2) is 0 Å². The second-order valence-corrected chi connectivity index (χ2v) is 8.93. The molecule has 0 radical (unpaired) electrons. The van der Waals surface area contributed by atoms with E-state index < -0.39 is 6.10 Å². The molecule has 29 heavy (non-hydrogen) atoms. The summed E-state index contributed by atoms with van der Waals surface area (Å²) in [4.78, 5) is 2.25. The third-order valence-corrected chi connectivity index (χ3v) is 6.27. The number of ether oxygens (including phenoxy) is 1. The number of unbranched alkanes of at least 4 members (excludes halogenated alkanes) is 2. The van der Waals surface area contributed by atoms with Gasteiger partial charge in [0.25, 0.3) is 0 Å². The van der Waals surface area contributed by atoms with Gasteiger partial charge in [0.15, 0.2) is 0 Å². The van der Waals surface area contributed by atoms with Gasteiger partial charge in [-0.3, -0.25) is 0 Å². The van der Waals surface area contributed by atoms with Crippen molar-refractivity contribution < 1.29 is 14.9 Å². The van der Waals surface area contributed by atoms with Gasteiger partial charge in [-0.2, -0.15) is 0 Å². The zero-order valence-electron chi connectivity index (χ0n) is 17.9. The van der Waals surface area contributed by atoms with Crippen molar-refractivity contribution in [3.05, 3.63) is 54.1 Å². The van der Waals surface area contributed by atoms with Gasteiger partial charge in [0.2, 0.25) is 0 Å². The maximum Gasteiger partial charge on any atom is 0.119 e. The highest BCUT2D eigenvalue weighted by Crippen LogP contribution is 2.48. The fourth-order valence-electron chi connectivity index (χ4n) is 4.76. The Hall–Kier alpha value is -1.62. The van der Waals surface area contributed by atoms with Crippen LogP contribution >= 0.6 is 0 Å². The fraction of sp³-hybridized carbons (Fsp3) is 0.600. The van der Waals surface area contributed by atoms with Gasteiger partial charge in [0.1, 0.15) is 18.5 Å². The first kappa shape index (κ1) is 22.1. The summed E-state index contributed by atoms with van der Waals surface area (Å²) >= 11 is 0. The van der Waals surface area contributed by atoms with Crippen molar-refractivity contribution in [3.8, 4) is 5.75 Å². The lowest BCUT2D eigenvalue weighted by Gasteiger charge is -2.19. The molecule has 0 amide bonds. The average molecular weight is 400 g/mol. The van der Waals surface area contributed by atoms with E-state index in [1.54, 1.807) is 11.6 Å². The molecular weight excluding hydrogens is 362 g/mol. The van der Waals surface area contributed by atoms with Crippen molar-refractivity contribution in [2.45, 2.75) is 50.7 Å². The molecule has 0 bridgehead atoms. The van der Waals surface area contributed by atoms with E-state index in [0.717, 1.165) is 18.6 Å². The molecule has 0 spiro atoms. The number of para-hydroxylation sites is 1. The molecule has 0 unspecified atom stereocenters. The molecule has 3 rings (SSSR count). The summed E-state index contributed by atoms with van der Waals surface area (Å²) in [6.07, 6.45) is 12.3. The lowest BCUT2D eigenvalue weighted by molar-refractivity contribution is 0.133. The van der Waals surface area contributed by atoms with Crippen LogP contribution in [0.25, 0.3) is 0 Å². The molecule has 4 nitrogen and oxygen atoms in total. The highest BCUT2D eigenvalue weighted by molar-refractivity contribution is 5.22. The number of hydrogen-bond donors (Lipinski definition) is 2. The summed E-state index contributed by atoms with van der Waals surface area (Å²) in [6, 6.07) is 9.54. The zero-order valence-corrected chi connectivity index (χ0v) is 17.9. The Bertz CT molecular complexity index is 670. The molecule has 2 N–H and O–H groups in total. The van der Waals surface area contributed by atoms with Crippen LogP contribution in [0, 0.1) is 17.8 Å². The predicted molar refractivity (Wildman–Crippen MR) is 118 cm³/mol. The van der Waals surface area contributed by atoms with Gasteiger partial charge in [-0.05, 0) is 76.7 Å². The van der Waals surface area contributed by atoms with Gasteiger partial charge in [-0.1, -0.05) is 48.4 Å². The first-order valence-electron chi connectivity index (χ1n) is 11.1. The minimum atomic E-state index is -0.660. The molecule has 0 heterocycles. The van der Waals surface area contributed by atoms with Crippen LogP contribution in [0.3, 0.4) is 0 Å². The number of aliphatic hydroxyl groups excluding tert-OH is 2. The number of nitrogens with zero attached hydrogens (tertiary/aromatic N) is 1. The third-order valence-electron chi connectivity index (χ3n) is 6.27. The number of aliphatic hydroxyl groups is 2. The normalized spacial score (nSPS) is 27.4. The Balaban J connectivity index is 1.42. The number of allylic oxidation sites excluding steroid dienone is 2. The van der Waals surface area contributed by atoms with Crippen molar-refractivity contribution in [1.29, 1.82) is 0 Å². The molecule has 1 aromatic carbocycles. The quantitative estimate of drug-likeness (QED) is 0.435. The molecule has 1 saturated carbocycles. The van der Waals surface area contributed by atoms with E-state index in [1.807, 2.05) is 36.4 Å². The van der Waals surface area contributed by atoms with Crippen molar-refractivity contribution in [1.82, 2.24) is 4.90 Å². The first-order chi connectivity index (χ1) is 14.0. The molecule has 4 heteroatoms. The molecule has 1 fully saturated rings. The molecule has 2 aliphatic rings. The van der Waals surface area contributed by atoms with E-state index >= 15 is 0 Å². The smallest absolute Gasteiger partial charge is 0.119 e. The number of benzene rings is 1. The van der Waals surface area contributed by atoms with Gasteiger partial charge in [-0.15, -0.1) is 0 Å². The van der Waals surface area contributed by atoms with Crippen LogP contribution in [0.4, 0.5) is 0 Å². The van der Waals surface area contributed by atoms with E-state index in [2.05, 4.69) is 25.1 Å². The molecule has 2 aliphatic carbocycles. The van der Waals surface area contributed by atoms with Crippen molar-refractivity contribution in [2.24, 2.45) is 17.8 Å². The predicted octanol–water partition coefficient (Wildman–Crippen LogP) is 4.05. The molecular formula is C25H37NO3. The van der Waals surface area contributed by atoms with Gasteiger partial charge >= 0.3 is 0 Å². The Kier molecular flexibility index (Phi) is 8.34. The summed E-state index contributed by atoms with van der Waals surface area (Å²) in [6.45, 7) is 1.40. The summed E-state index contributed by atoms with van der Waals surface area (Å²) < 4.78 is 5.62. The molecule has 1 aromatic rings. The van der Waals surface area contributed by atoms with Crippen LogP contribution in [-0.4, -0.2) is 54.6 Å². The van der Waals surface area contributed by atoms with Crippen LogP contribution in [0.15, 0.2) is 54.1 Å². The second-order valence-electron chi connectivity index (χ2n) is 8.93. The third kappa shape index (κ3) is 6.70. The van der Waals surface area contributed by atoms with Crippen LogP contribution in [0.5, 0.6) is 5.75 Å². The van der Waals surface area contributed by atoms with Crippen LogP contribution in [0.1, 0.15) is 38.5 Å². The fourth-order valence-corrected chi connectivity index (χ4v) is 4.76. The van der Waals surface area contributed by atoms with E-state index in [1.165, 1.54) is 32.2 Å². The Labute approximate surface area is 175 Å². The lowest BCUT2D eigenvalue weighted by Crippen LogP contribution is -2.19. The number of fused-ring (bicyclic) bond motifs is 1. The Morgan fingerprint density at radius 1 is 1.17 bits per heavy atom. The van der Waals surface area contributed by atoms with Crippen molar-refractivity contribution in [2.75, 3.05) is 27.2 Å². The Morgan fingerprint density at radius 2 is 1.97 bits per heavy atom. The van der Waals surface area contributed by atoms with Crippen molar-refractivity contribution in [3.63, 3.8) is 0 Å². The maximum atomic E-state index is 10.5. The van der Waals surface area contributed by atoms with E-state index in [9.17, 15) is 10.2 Å². The van der Waals surface area contributed by atoms with Crippen LogP contribution < -0.4 is 4.74 Å². The molecule has 0 aromatic heterocycles. The minimum Gasteiger partial charge on any atom is -0.491 e. The average Bonchev–Trinajstić information content (AvgIpc) is 3.21. The van der Waals surface area contributed by atoms with Crippen molar-refractivity contribution >= 4 is 0 Å². The van der Waals surface area contributed by atoms with Crippen LogP contribution in [0.2, 0.25) is 0 Å². The van der Waals surface area contributed by atoms with E-state index in [4.69, 9.17) is 4.74 Å². The highest BCUT2D eigenvalue weighted by atomic mass is 16.5. The summed E-state index contributed by atoms with van der Waals surface area (Å²) in [5.41, 5.74) is 1.57. The van der Waals surface area contributed by atoms with Crippen LogP contribution in [-0.2, 0) is 0 Å². The van der Waals surface area contributed by atoms with E-state index in [-0.39, 0.29) is 18.6 Å². The summed E-state index contributed by atoms with van der Waals surface area (Å²) in [7, 11) is 4.26. The molecule has 0 aliphatic heterocycles. The monoisotopic (exact) mass is 399 g/mol. The van der Waals surface area contributed by atoms with Gasteiger partial charge in [0.05, 0.1) is 6.10 Å². The summed E-state index contributed by atoms with van der Waals surface area (Å²) in [5, 5.41) is 20.7. The SMILES string of the molecule is CN(C)CCCCCC1=C[C@H]2C[C@@H](O)[C@H](C=C[C@@H](O)COc3ccccc3)[C@H]2C1. The van der Waals surface area contributed by atoms with Gasteiger partial charge < -0.3 is 19.8 Å². The molecule has 160 valence electrons. The minimum absolute atomic E-state index is 0.133. The van der Waals surface area contributed by atoms with Gasteiger partial charge in [0, 0.05) is 5.92 Å². The largest absolute Gasteiger partial charge is 0.491 e. The number of hydrogen-bond acceptors (Lipinski definition) is 4.